The predicted octanol–water partition coefficient (Wildman–Crippen LogP) is 1.03. The van der Waals surface area contributed by atoms with E-state index in [4.69, 9.17) is 11.0 Å². The van der Waals surface area contributed by atoms with Gasteiger partial charge in [-0.1, -0.05) is 12.1 Å². The van der Waals surface area contributed by atoms with Crippen LogP contribution in [0, 0.1) is 17.2 Å². The maximum Gasteiger partial charge on any atom is 0.248 e. The SMILES string of the molecule is CC(C#N)CNCc1ccc(C(N)=O)cc1. The van der Waals surface area contributed by atoms with E-state index in [-0.39, 0.29) is 5.92 Å². The number of hydrogen-bond donors (Lipinski definition) is 2. The molecule has 0 fully saturated rings. The van der Waals surface area contributed by atoms with Gasteiger partial charge in [0.1, 0.15) is 0 Å². The van der Waals surface area contributed by atoms with E-state index in [9.17, 15) is 4.79 Å². The Morgan fingerprint density at radius 1 is 1.50 bits per heavy atom. The maximum absolute atomic E-state index is 10.8. The van der Waals surface area contributed by atoms with Crippen LogP contribution < -0.4 is 11.1 Å². The molecule has 1 amide bonds. The van der Waals surface area contributed by atoms with Crippen LogP contribution in [0.25, 0.3) is 0 Å². The van der Waals surface area contributed by atoms with Crippen molar-refractivity contribution >= 4 is 5.91 Å². The molecule has 0 aromatic heterocycles. The molecule has 1 atom stereocenters. The summed E-state index contributed by atoms with van der Waals surface area (Å²) in [5.74, 6) is -0.414. The molecule has 0 aliphatic carbocycles. The number of carbonyl (C=O) groups is 1. The van der Waals surface area contributed by atoms with Gasteiger partial charge in [0.05, 0.1) is 12.0 Å². The lowest BCUT2D eigenvalue weighted by molar-refractivity contribution is 0.100. The van der Waals surface area contributed by atoms with E-state index in [2.05, 4.69) is 11.4 Å². The molecule has 0 aliphatic rings. The molecule has 4 heteroatoms. The quantitative estimate of drug-likeness (QED) is 0.773. The highest BCUT2D eigenvalue weighted by atomic mass is 16.1. The Balaban J connectivity index is 2.44. The van der Waals surface area contributed by atoms with Gasteiger partial charge in [0.15, 0.2) is 0 Å². The van der Waals surface area contributed by atoms with Gasteiger partial charge in [0.25, 0.3) is 0 Å². The molecular weight excluding hydrogens is 202 g/mol. The van der Waals surface area contributed by atoms with E-state index in [1.54, 1.807) is 12.1 Å². The zero-order chi connectivity index (χ0) is 12.0. The first kappa shape index (κ1) is 12.2. The first-order valence-electron chi connectivity index (χ1n) is 5.12. The molecule has 0 heterocycles. The van der Waals surface area contributed by atoms with Crippen LogP contribution in [0.15, 0.2) is 24.3 Å². The van der Waals surface area contributed by atoms with Gasteiger partial charge < -0.3 is 11.1 Å². The van der Waals surface area contributed by atoms with E-state index in [0.29, 0.717) is 18.7 Å². The van der Waals surface area contributed by atoms with Crippen LogP contribution in [0.5, 0.6) is 0 Å². The Bertz CT molecular complexity index is 392. The summed E-state index contributed by atoms with van der Waals surface area (Å²) in [6, 6.07) is 9.26. The minimum absolute atomic E-state index is 0.00453. The Hall–Kier alpha value is -1.86. The lowest BCUT2D eigenvalue weighted by atomic mass is 10.1. The zero-order valence-corrected chi connectivity index (χ0v) is 9.23. The van der Waals surface area contributed by atoms with Crippen LogP contribution in [0.2, 0.25) is 0 Å². The van der Waals surface area contributed by atoms with Crippen molar-refractivity contribution in [1.82, 2.24) is 5.32 Å². The van der Waals surface area contributed by atoms with Crippen LogP contribution in [-0.2, 0) is 6.54 Å². The molecule has 0 saturated heterocycles. The topological polar surface area (TPSA) is 78.9 Å². The van der Waals surface area contributed by atoms with Crippen molar-refractivity contribution in [2.45, 2.75) is 13.5 Å². The number of rotatable bonds is 5. The molecule has 1 rings (SSSR count). The number of benzene rings is 1. The van der Waals surface area contributed by atoms with Crippen LogP contribution in [-0.4, -0.2) is 12.5 Å². The third-order valence-corrected chi connectivity index (χ3v) is 2.24. The highest BCUT2D eigenvalue weighted by molar-refractivity contribution is 5.92. The zero-order valence-electron chi connectivity index (χ0n) is 9.23. The minimum atomic E-state index is -0.419. The average molecular weight is 217 g/mol. The van der Waals surface area contributed by atoms with Gasteiger partial charge in [0, 0.05) is 18.7 Å². The van der Waals surface area contributed by atoms with Crippen molar-refractivity contribution in [3.05, 3.63) is 35.4 Å². The molecule has 0 spiro atoms. The summed E-state index contributed by atoms with van der Waals surface area (Å²) in [5, 5.41) is 11.8. The Labute approximate surface area is 95.1 Å². The second kappa shape index (κ2) is 5.89. The number of carbonyl (C=O) groups excluding carboxylic acids is 1. The Kier molecular flexibility index (Phi) is 4.49. The van der Waals surface area contributed by atoms with Crippen molar-refractivity contribution in [2.24, 2.45) is 11.7 Å². The molecular formula is C12H15N3O. The van der Waals surface area contributed by atoms with Gasteiger partial charge in [-0.15, -0.1) is 0 Å². The third kappa shape index (κ3) is 3.71. The molecule has 0 saturated carbocycles. The summed E-state index contributed by atoms with van der Waals surface area (Å²) in [7, 11) is 0. The number of nitrogens with two attached hydrogens (primary N) is 1. The average Bonchev–Trinajstić information content (AvgIpc) is 2.29. The Morgan fingerprint density at radius 3 is 2.62 bits per heavy atom. The molecule has 4 nitrogen and oxygen atoms in total. The summed E-state index contributed by atoms with van der Waals surface area (Å²) >= 11 is 0. The fourth-order valence-corrected chi connectivity index (χ4v) is 1.27. The molecule has 16 heavy (non-hydrogen) atoms. The molecule has 1 aromatic carbocycles. The number of hydrogen-bond acceptors (Lipinski definition) is 3. The van der Waals surface area contributed by atoms with E-state index in [1.165, 1.54) is 0 Å². The molecule has 1 aromatic rings. The lowest BCUT2D eigenvalue weighted by Crippen LogP contribution is -2.19. The number of nitrogens with one attached hydrogen (secondary N) is 1. The van der Waals surface area contributed by atoms with Crippen LogP contribution in [0.3, 0.4) is 0 Å². The highest BCUT2D eigenvalue weighted by Gasteiger charge is 2.01. The van der Waals surface area contributed by atoms with Gasteiger partial charge in [-0.05, 0) is 24.6 Å². The molecule has 0 radical (unpaired) electrons. The normalized spacial score (nSPS) is 11.8. The first-order valence-corrected chi connectivity index (χ1v) is 5.12. The fraction of sp³-hybridized carbons (Fsp3) is 0.333. The molecule has 0 aliphatic heterocycles. The van der Waals surface area contributed by atoms with E-state index in [0.717, 1.165) is 5.56 Å². The third-order valence-electron chi connectivity index (χ3n) is 2.24. The van der Waals surface area contributed by atoms with Crippen molar-refractivity contribution in [2.75, 3.05) is 6.54 Å². The highest BCUT2D eigenvalue weighted by Crippen LogP contribution is 2.03. The minimum Gasteiger partial charge on any atom is -0.366 e. The van der Waals surface area contributed by atoms with Crippen LogP contribution in [0.1, 0.15) is 22.8 Å². The summed E-state index contributed by atoms with van der Waals surface area (Å²) in [6.45, 7) is 3.21. The number of primary amides is 1. The van der Waals surface area contributed by atoms with Crippen molar-refractivity contribution in [3.8, 4) is 6.07 Å². The van der Waals surface area contributed by atoms with Gasteiger partial charge >= 0.3 is 0 Å². The molecule has 0 bridgehead atoms. The largest absolute Gasteiger partial charge is 0.366 e. The molecule has 84 valence electrons. The van der Waals surface area contributed by atoms with Gasteiger partial charge in [-0.2, -0.15) is 5.26 Å². The summed E-state index contributed by atoms with van der Waals surface area (Å²) in [4.78, 5) is 10.8. The van der Waals surface area contributed by atoms with Gasteiger partial charge in [-0.3, -0.25) is 4.79 Å². The second-order valence-electron chi connectivity index (χ2n) is 3.72. The van der Waals surface area contributed by atoms with Gasteiger partial charge in [0.2, 0.25) is 5.91 Å². The van der Waals surface area contributed by atoms with Crippen molar-refractivity contribution in [1.29, 1.82) is 5.26 Å². The number of amides is 1. The summed E-state index contributed by atoms with van der Waals surface area (Å²) in [6.07, 6.45) is 0. The van der Waals surface area contributed by atoms with Crippen molar-refractivity contribution < 1.29 is 4.79 Å². The van der Waals surface area contributed by atoms with E-state index in [1.807, 2.05) is 19.1 Å². The second-order valence-corrected chi connectivity index (χ2v) is 3.72. The predicted molar refractivity (Wildman–Crippen MR) is 61.4 cm³/mol. The first-order chi connectivity index (χ1) is 7.63. The van der Waals surface area contributed by atoms with E-state index < -0.39 is 5.91 Å². The maximum atomic E-state index is 10.8. The smallest absolute Gasteiger partial charge is 0.248 e. The fourth-order valence-electron chi connectivity index (χ4n) is 1.27. The van der Waals surface area contributed by atoms with Crippen molar-refractivity contribution in [3.63, 3.8) is 0 Å². The monoisotopic (exact) mass is 217 g/mol. The Morgan fingerprint density at radius 2 is 2.12 bits per heavy atom. The van der Waals surface area contributed by atoms with Crippen LogP contribution in [0.4, 0.5) is 0 Å². The lowest BCUT2D eigenvalue weighted by Gasteiger charge is -2.06. The van der Waals surface area contributed by atoms with E-state index >= 15 is 0 Å². The standard InChI is InChI=1S/C12H15N3O/c1-9(6-13)7-15-8-10-2-4-11(5-3-10)12(14)16/h2-5,9,15H,7-8H2,1H3,(H2,14,16). The molecule has 1 unspecified atom stereocenters. The number of nitrogens with zero attached hydrogens (tertiary/aromatic N) is 1. The summed E-state index contributed by atoms with van der Waals surface area (Å²) < 4.78 is 0. The van der Waals surface area contributed by atoms with Gasteiger partial charge in [-0.25, -0.2) is 0 Å². The molecule has 3 N–H and O–H groups in total. The number of nitriles is 1. The van der Waals surface area contributed by atoms with Crippen LogP contribution >= 0.6 is 0 Å². The summed E-state index contributed by atoms with van der Waals surface area (Å²) in [5.41, 5.74) is 6.70.